The van der Waals surface area contributed by atoms with Crippen LogP contribution in [0.3, 0.4) is 0 Å². The van der Waals surface area contributed by atoms with Crippen LogP contribution >= 0.6 is 0 Å². The molecule has 3 aromatic heterocycles. The highest BCUT2D eigenvalue weighted by Crippen LogP contribution is 2.26. The number of primary amides is 1. The predicted octanol–water partition coefficient (Wildman–Crippen LogP) is 2.86. The van der Waals surface area contributed by atoms with E-state index in [1.165, 1.54) is 0 Å². The number of nitrogens with two attached hydrogens (primary N) is 1. The number of fused-ring (bicyclic) bond motifs is 1. The zero-order chi connectivity index (χ0) is 18.7. The van der Waals surface area contributed by atoms with Crippen molar-refractivity contribution in [2.24, 2.45) is 5.73 Å². The number of carbonyl (C=O) groups is 1. The van der Waals surface area contributed by atoms with E-state index in [1.807, 2.05) is 32.0 Å². The normalized spacial score (nSPS) is 12.3. The Labute approximate surface area is 152 Å². The number of hydrogen-bond acceptors (Lipinski definition) is 5. The van der Waals surface area contributed by atoms with E-state index in [9.17, 15) is 9.90 Å². The molecule has 0 aromatic carbocycles. The Hall–Kier alpha value is -2.86. The molecule has 1 atom stereocenters. The second kappa shape index (κ2) is 7.58. The first-order valence-corrected chi connectivity index (χ1v) is 8.66. The maximum Gasteiger partial charge on any atom is 0.223 e. The van der Waals surface area contributed by atoms with Gasteiger partial charge in [0.15, 0.2) is 0 Å². The lowest BCUT2D eigenvalue weighted by Gasteiger charge is -2.12. The van der Waals surface area contributed by atoms with Crippen LogP contribution in [0.5, 0.6) is 0 Å². The fourth-order valence-electron chi connectivity index (χ4n) is 2.96. The Kier molecular flexibility index (Phi) is 5.23. The summed E-state index contributed by atoms with van der Waals surface area (Å²) in [5.74, 6) is -0.409. The van der Waals surface area contributed by atoms with Crippen molar-refractivity contribution in [3.8, 4) is 11.3 Å². The van der Waals surface area contributed by atoms with Crippen LogP contribution in [0.4, 0.5) is 0 Å². The lowest BCUT2D eigenvalue weighted by atomic mass is 10.0. The van der Waals surface area contributed by atoms with E-state index in [2.05, 4.69) is 15.0 Å². The zero-order valence-electron chi connectivity index (χ0n) is 14.9. The summed E-state index contributed by atoms with van der Waals surface area (Å²) >= 11 is 0. The van der Waals surface area contributed by atoms with Crippen molar-refractivity contribution in [3.05, 3.63) is 53.7 Å². The topological polar surface area (TPSA) is 102 Å². The third kappa shape index (κ3) is 3.86. The summed E-state index contributed by atoms with van der Waals surface area (Å²) in [6, 6.07) is 5.68. The van der Waals surface area contributed by atoms with Gasteiger partial charge in [-0.2, -0.15) is 0 Å². The largest absolute Gasteiger partial charge is 0.387 e. The molecule has 0 fully saturated rings. The van der Waals surface area contributed by atoms with Crippen LogP contribution in [0.15, 0.2) is 36.8 Å². The Morgan fingerprint density at radius 1 is 1.12 bits per heavy atom. The van der Waals surface area contributed by atoms with Crippen molar-refractivity contribution in [2.45, 2.75) is 39.2 Å². The highest BCUT2D eigenvalue weighted by Gasteiger charge is 2.12. The summed E-state index contributed by atoms with van der Waals surface area (Å²) in [6.07, 6.45) is 6.41. The minimum absolute atomic E-state index is 0.113. The number of carbonyl (C=O) groups excluding carboxylic acids is 1. The first kappa shape index (κ1) is 17.9. The Morgan fingerprint density at radius 3 is 2.54 bits per heavy atom. The maximum absolute atomic E-state index is 11.0. The standard InChI is InChI=1S/C20H22N4O2/c1-3-4-19(25)18-5-12(2)16(11-24-18)17-7-14-9-22-15(8-20(21)26)6-13(14)10-23-17/h5-7,9-11,19,25H,3-4,8H2,1-2H3,(H2,21,26). The van der Waals surface area contributed by atoms with Gasteiger partial charge in [-0.15, -0.1) is 0 Å². The van der Waals surface area contributed by atoms with Gasteiger partial charge in [0, 0.05) is 34.9 Å². The van der Waals surface area contributed by atoms with E-state index >= 15 is 0 Å². The van der Waals surface area contributed by atoms with Crippen LogP contribution in [0.25, 0.3) is 22.0 Å². The highest BCUT2D eigenvalue weighted by atomic mass is 16.3. The third-order valence-electron chi connectivity index (χ3n) is 4.33. The third-order valence-corrected chi connectivity index (χ3v) is 4.33. The summed E-state index contributed by atoms with van der Waals surface area (Å²) in [6.45, 7) is 4.02. The smallest absolute Gasteiger partial charge is 0.223 e. The second-order valence-electron chi connectivity index (χ2n) is 6.46. The van der Waals surface area contributed by atoms with Gasteiger partial charge in [0.2, 0.25) is 5.91 Å². The molecule has 3 N–H and O–H groups in total. The van der Waals surface area contributed by atoms with Crippen molar-refractivity contribution < 1.29 is 9.90 Å². The van der Waals surface area contributed by atoms with Gasteiger partial charge in [-0.05, 0) is 37.1 Å². The number of amides is 1. The number of pyridine rings is 3. The van der Waals surface area contributed by atoms with Gasteiger partial charge in [0.05, 0.1) is 29.6 Å². The molecule has 6 nitrogen and oxygen atoms in total. The predicted molar refractivity (Wildman–Crippen MR) is 100 cm³/mol. The first-order valence-electron chi connectivity index (χ1n) is 8.66. The summed E-state index contributed by atoms with van der Waals surface area (Å²) in [5, 5.41) is 11.9. The molecule has 0 spiro atoms. The highest BCUT2D eigenvalue weighted by molar-refractivity contribution is 5.86. The molecular formula is C20H22N4O2. The van der Waals surface area contributed by atoms with Gasteiger partial charge in [0.25, 0.3) is 0 Å². The molecule has 1 unspecified atom stereocenters. The van der Waals surface area contributed by atoms with Crippen LogP contribution in [-0.4, -0.2) is 26.0 Å². The monoisotopic (exact) mass is 350 g/mol. The lowest BCUT2D eigenvalue weighted by Crippen LogP contribution is -2.14. The van der Waals surface area contributed by atoms with Crippen LogP contribution in [-0.2, 0) is 11.2 Å². The Bertz CT molecular complexity index is 956. The Morgan fingerprint density at radius 2 is 1.85 bits per heavy atom. The van der Waals surface area contributed by atoms with Gasteiger partial charge in [-0.25, -0.2) is 0 Å². The van der Waals surface area contributed by atoms with Crippen LogP contribution in [0.2, 0.25) is 0 Å². The number of aromatic nitrogens is 3. The van der Waals surface area contributed by atoms with Crippen molar-refractivity contribution in [2.75, 3.05) is 0 Å². The number of aliphatic hydroxyl groups is 1. The van der Waals surface area contributed by atoms with E-state index in [4.69, 9.17) is 5.73 Å². The molecule has 0 radical (unpaired) electrons. The van der Waals surface area contributed by atoms with Gasteiger partial charge in [-0.1, -0.05) is 13.3 Å². The molecule has 3 aromatic rings. The molecular weight excluding hydrogens is 328 g/mol. The van der Waals surface area contributed by atoms with E-state index in [1.54, 1.807) is 18.6 Å². The van der Waals surface area contributed by atoms with E-state index in [0.29, 0.717) is 17.8 Å². The van der Waals surface area contributed by atoms with E-state index < -0.39 is 12.0 Å². The summed E-state index contributed by atoms with van der Waals surface area (Å²) in [5.41, 5.74) is 9.26. The molecule has 0 saturated carbocycles. The minimum Gasteiger partial charge on any atom is -0.387 e. The van der Waals surface area contributed by atoms with Crippen LogP contribution in [0.1, 0.15) is 42.8 Å². The van der Waals surface area contributed by atoms with Gasteiger partial charge in [0.1, 0.15) is 0 Å². The average Bonchev–Trinajstić information content (AvgIpc) is 2.61. The molecule has 3 heterocycles. The lowest BCUT2D eigenvalue weighted by molar-refractivity contribution is -0.117. The summed E-state index contributed by atoms with van der Waals surface area (Å²) in [7, 11) is 0. The van der Waals surface area contributed by atoms with Crippen molar-refractivity contribution in [1.29, 1.82) is 0 Å². The molecule has 6 heteroatoms. The Balaban J connectivity index is 1.94. The quantitative estimate of drug-likeness (QED) is 0.712. The van der Waals surface area contributed by atoms with Gasteiger partial charge >= 0.3 is 0 Å². The number of aryl methyl sites for hydroxylation is 1. The molecule has 0 aliphatic heterocycles. The minimum atomic E-state index is -0.537. The average molecular weight is 350 g/mol. The maximum atomic E-state index is 11.0. The zero-order valence-corrected chi connectivity index (χ0v) is 14.9. The summed E-state index contributed by atoms with van der Waals surface area (Å²) < 4.78 is 0. The molecule has 1 amide bonds. The van der Waals surface area contributed by atoms with Gasteiger partial charge < -0.3 is 10.8 Å². The number of rotatable bonds is 6. The molecule has 3 rings (SSSR count). The SMILES string of the molecule is CCCC(O)c1cc(C)c(-c2cc3cnc(CC(N)=O)cc3cn2)cn1. The number of hydrogen-bond donors (Lipinski definition) is 2. The fraction of sp³-hybridized carbons (Fsp3) is 0.300. The van der Waals surface area contributed by atoms with Crippen molar-refractivity contribution in [3.63, 3.8) is 0 Å². The molecule has 134 valence electrons. The van der Waals surface area contributed by atoms with Crippen LogP contribution in [0, 0.1) is 6.92 Å². The first-order chi connectivity index (χ1) is 12.5. The van der Waals surface area contributed by atoms with Gasteiger partial charge in [-0.3, -0.25) is 19.7 Å². The number of nitrogens with zero attached hydrogens (tertiary/aromatic N) is 3. The van der Waals surface area contributed by atoms with E-state index in [-0.39, 0.29) is 6.42 Å². The van der Waals surface area contributed by atoms with Crippen molar-refractivity contribution in [1.82, 2.24) is 15.0 Å². The van der Waals surface area contributed by atoms with Crippen molar-refractivity contribution >= 4 is 16.7 Å². The molecule has 0 bridgehead atoms. The van der Waals surface area contributed by atoms with Crippen LogP contribution < -0.4 is 5.73 Å². The number of aliphatic hydroxyl groups excluding tert-OH is 1. The second-order valence-corrected chi connectivity index (χ2v) is 6.46. The summed E-state index contributed by atoms with van der Waals surface area (Å²) in [4.78, 5) is 24.3. The fourth-order valence-corrected chi connectivity index (χ4v) is 2.96. The molecule has 0 aliphatic carbocycles. The van der Waals surface area contributed by atoms with E-state index in [0.717, 1.165) is 34.0 Å². The molecule has 26 heavy (non-hydrogen) atoms. The molecule has 0 saturated heterocycles. The molecule has 0 aliphatic rings.